The van der Waals surface area contributed by atoms with Crippen LogP contribution in [0.15, 0.2) is 45.6 Å². The Bertz CT molecular complexity index is 1350. The molecular weight excluding hydrogens is 460 g/mol. The van der Waals surface area contributed by atoms with Gasteiger partial charge in [0, 0.05) is 22.3 Å². The van der Waals surface area contributed by atoms with Gasteiger partial charge in [0.15, 0.2) is 11.5 Å². The zero-order valence-corrected chi connectivity index (χ0v) is 18.7. The van der Waals surface area contributed by atoms with Crippen LogP contribution in [0.25, 0.3) is 10.9 Å². The Hall–Kier alpha value is -3.06. The van der Waals surface area contributed by atoms with E-state index in [0.29, 0.717) is 17.7 Å². The van der Waals surface area contributed by atoms with Gasteiger partial charge in [0.2, 0.25) is 0 Å². The smallest absolute Gasteiger partial charge is 0.295 e. The van der Waals surface area contributed by atoms with E-state index in [-0.39, 0.29) is 33.0 Å². The minimum absolute atomic E-state index is 0.100. The molecule has 168 valence electrons. The number of rotatable bonds is 5. The zero-order valence-electron chi connectivity index (χ0n) is 17.0. The maximum atomic E-state index is 11.7. The van der Waals surface area contributed by atoms with E-state index < -0.39 is 15.5 Å². The predicted molar refractivity (Wildman–Crippen MR) is 117 cm³/mol. The van der Waals surface area contributed by atoms with Gasteiger partial charge in [0.1, 0.15) is 22.6 Å². The molecule has 1 aromatic carbocycles. The number of anilines is 1. The molecule has 0 aliphatic rings. The van der Waals surface area contributed by atoms with Crippen molar-refractivity contribution in [3.63, 3.8) is 0 Å². The molecular formula is C18H18N6O6S2. The first-order valence-corrected chi connectivity index (χ1v) is 11.0. The summed E-state index contributed by atoms with van der Waals surface area (Å²) in [5, 5.41) is 27.1. The van der Waals surface area contributed by atoms with Crippen molar-refractivity contribution in [1.82, 2.24) is 14.8 Å². The van der Waals surface area contributed by atoms with Gasteiger partial charge in [-0.1, -0.05) is 25.8 Å². The van der Waals surface area contributed by atoms with E-state index in [1.54, 1.807) is 6.07 Å². The molecule has 0 saturated heterocycles. The van der Waals surface area contributed by atoms with Gasteiger partial charge in [-0.3, -0.25) is 9.54 Å². The Labute approximate surface area is 187 Å². The summed E-state index contributed by atoms with van der Waals surface area (Å²) in [5.41, 5.74) is 6.94. The Morgan fingerprint density at radius 1 is 1.25 bits per heavy atom. The second kappa shape index (κ2) is 9.20. The third-order valence-electron chi connectivity index (χ3n) is 4.11. The molecule has 0 bridgehead atoms. The van der Waals surface area contributed by atoms with Crippen LogP contribution in [0.1, 0.15) is 26.5 Å². The van der Waals surface area contributed by atoms with Gasteiger partial charge in [-0.15, -0.1) is 14.6 Å². The van der Waals surface area contributed by atoms with Crippen molar-refractivity contribution in [2.24, 2.45) is 10.2 Å². The summed E-state index contributed by atoms with van der Waals surface area (Å²) in [4.78, 5) is 3.88. The van der Waals surface area contributed by atoms with E-state index in [9.17, 15) is 13.0 Å². The summed E-state index contributed by atoms with van der Waals surface area (Å²) in [6, 6.07) is 8.24. The number of hydrogen-bond acceptors (Lipinski definition) is 11. The van der Waals surface area contributed by atoms with E-state index in [0.717, 1.165) is 0 Å². The molecule has 0 saturated carbocycles. The molecule has 0 radical (unpaired) electrons. The third kappa shape index (κ3) is 5.05. The van der Waals surface area contributed by atoms with Crippen LogP contribution in [-0.2, 0) is 24.9 Å². The lowest BCUT2D eigenvalue weighted by Gasteiger charge is -2.15. The van der Waals surface area contributed by atoms with Gasteiger partial charge in [0.25, 0.3) is 10.1 Å². The number of fused-ring (bicyclic) bond motifs is 1. The molecule has 0 amide bonds. The van der Waals surface area contributed by atoms with Crippen molar-refractivity contribution < 1.29 is 27.6 Å². The lowest BCUT2D eigenvalue weighted by molar-refractivity contribution is -0.431. The van der Waals surface area contributed by atoms with Crippen LogP contribution in [0, 0.1) is 11.3 Å². The fourth-order valence-corrected chi connectivity index (χ4v) is 3.62. The fraction of sp³-hybridized carbons (Fsp3) is 0.222. The van der Waals surface area contributed by atoms with Gasteiger partial charge < -0.3 is 5.73 Å². The molecule has 12 nitrogen and oxygen atoms in total. The SMILES string of the molecule is CC(C)(C)c1nn(C#CSOOO)c(N)c1N=Nc1ccc(S(=O)(=O)O)c2cccnc12. The standard InChI is InChI=1S/C18H18N6O6S2/c1-18(2,3)16-15(17(19)24(23-16)9-10-31-30-29-25)22-21-12-6-7-13(32(26,27)28)11-5-4-8-20-14(11)12/h4-8,25H,19H2,1-3H3,(H,26,27,28). The number of aromatic nitrogens is 3. The molecule has 0 unspecified atom stereocenters. The van der Waals surface area contributed by atoms with Gasteiger partial charge in [0.05, 0.1) is 17.3 Å². The van der Waals surface area contributed by atoms with Crippen LogP contribution in [0.2, 0.25) is 0 Å². The van der Waals surface area contributed by atoms with Crippen LogP contribution in [0.4, 0.5) is 17.2 Å². The van der Waals surface area contributed by atoms with E-state index in [1.165, 1.54) is 29.1 Å². The third-order valence-corrected chi connectivity index (χ3v) is 5.32. The number of nitrogens with two attached hydrogens (primary N) is 1. The lowest BCUT2D eigenvalue weighted by atomic mass is 9.91. The minimum atomic E-state index is -4.45. The number of hydrogen-bond donors (Lipinski definition) is 3. The van der Waals surface area contributed by atoms with E-state index in [4.69, 9.17) is 11.0 Å². The fourth-order valence-electron chi connectivity index (χ4n) is 2.75. The molecule has 14 heteroatoms. The van der Waals surface area contributed by atoms with Gasteiger partial charge in [-0.05, 0) is 24.3 Å². The number of nitrogen functional groups attached to an aromatic ring is 1. The molecule has 32 heavy (non-hydrogen) atoms. The first kappa shape index (κ1) is 23.6. The predicted octanol–water partition coefficient (Wildman–Crippen LogP) is 3.81. The Morgan fingerprint density at radius 3 is 2.66 bits per heavy atom. The summed E-state index contributed by atoms with van der Waals surface area (Å²) < 4.78 is 38.2. The summed E-state index contributed by atoms with van der Waals surface area (Å²) in [5.74, 6) is 0.100. The number of benzene rings is 1. The van der Waals surface area contributed by atoms with Crippen molar-refractivity contribution >= 4 is 50.3 Å². The van der Waals surface area contributed by atoms with Crippen molar-refractivity contribution in [2.45, 2.75) is 31.1 Å². The van der Waals surface area contributed by atoms with Crippen molar-refractivity contribution in [2.75, 3.05) is 5.73 Å². The molecule has 0 aliphatic heterocycles. The molecule has 2 heterocycles. The maximum absolute atomic E-state index is 11.7. The number of nitrogens with zero attached hydrogens (tertiary/aromatic N) is 5. The molecule has 0 aliphatic carbocycles. The summed E-state index contributed by atoms with van der Waals surface area (Å²) >= 11 is 0.513. The number of azo groups is 1. The highest BCUT2D eigenvalue weighted by atomic mass is 32.2. The number of pyridine rings is 1. The second-order valence-electron chi connectivity index (χ2n) is 7.34. The second-order valence-corrected chi connectivity index (χ2v) is 9.24. The average Bonchev–Trinajstić information content (AvgIpc) is 3.04. The van der Waals surface area contributed by atoms with Crippen LogP contribution < -0.4 is 5.73 Å². The van der Waals surface area contributed by atoms with Gasteiger partial charge >= 0.3 is 0 Å². The Kier molecular flexibility index (Phi) is 6.79. The van der Waals surface area contributed by atoms with E-state index >= 15 is 0 Å². The largest absolute Gasteiger partial charge is 0.381 e. The summed E-state index contributed by atoms with van der Waals surface area (Å²) in [7, 11) is -4.45. The summed E-state index contributed by atoms with van der Waals surface area (Å²) in [6.07, 6.45) is 1.47. The Balaban J connectivity index is 2.11. The first-order valence-electron chi connectivity index (χ1n) is 8.84. The maximum Gasteiger partial charge on any atom is 0.295 e. The highest BCUT2D eigenvalue weighted by molar-refractivity contribution is 7.99. The molecule has 2 aromatic heterocycles. The average molecular weight is 479 g/mol. The van der Waals surface area contributed by atoms with Crippen molar-refractivity contribution in [3.8, 4) is 11.3 Å². The van der Waals surface area contributed by atoms with Gasteiger partial charge in [-0.25, -0.2) is 5.26 Å². The van der Waals surface area contributed by atoms with E-state index in [1.807, 2.05) is 20.8 Å². The van der Waals surface area contributed by atoms with Gasteiger partial charge in [-0.2, -0.15) is 18.2 Å². The first-order chi connectivity index (χ1) is 15.0. The highest BCUT2D eigenvalue weighted by Crippen LogP contribution is 2.37. The monoisotopic (exact) mass is 478 g/mol. The van der Waals surface area contributed by atoms with Crippen LogP contribution in [-0.4, -0.2) is 33.0 Å². The highest BCUT2D eigenvalue weighted by Gasteiger charge is 2.26. The van der Waals surface area contributed by atoms with Crippen molar-refractivity contribution in [1.29, 1.82) is 0 Å². The molecule has 0 spiro atoms. The van der Waals surface area contributed by atoms with Crippen molar-refractivity contribution in [3.05, 3.63) is 36.2 Å². The molecule has 4 N–H and O–H groups in total. The van der Waals surface area contributed by atoms with E-state index in [2.05, 4.69) is 41.0 Å². The lowest BCUT2D eigenvalue weighted by Crippen LogP contribution is -2.12. The molecule has 3 aromatic rings. The summed E-state index contributed by atoms with van der Waals surface area (Å²) in [6.45, 7) is 5.71. The quantitative estimate of drug-likeness (QED) is 0.0930. The molecule has 0 atom stereocenters. The van der Waals surface area contributed by atoms with Crippen LogP contribution in [0.3, 0.4) is 0 Å². The minimum Gasteiger partial charge on any atom is -0.381 e. The normalized spacial score (nSPS) is 12.3. The van der Waals surface area contributed by atoms with Crippen LogP contribution in [0.5, 0.6) is 0 Å². The Morgan fingerprint density at radius 2 is 2.00 bits per heavy atom. The molecule has 3 rings (SSSR count). The topological polar surface area (TPSA) is 175 Å². The zero-order chi connectivity index (χ0) is 23.5. The van der Waals surface area contributed by atoms with Crippen LogP contribution >= 0.6 is 12.0 Å². The molecule has 0 fully saturated rings.